The van der Waals surface area contributed by atoms with Crippen LogP contribution in [0.1, 0.15) is 21.6 Å². The number of methoxy groups -OCH3 is 1. The number of carbonyl (C=O) groups is 1. The highest BCUT2D eigenvalue weighted by Crippen LogP contribution is 2.29. The van der Waals surface area contributed by atoms with Crippen LogP contribution in [0.2, 0.25) is 0 Å². The maximum Gasteiger partial charge on any atom is 0.271 e. The first-order valence-electron chi connectivity index (χ1n) is 8.94. The molecule has 1 amide bonds. The van der Waals surface area contributed by atoms with Crippen LogP contribution >= 0.6 is 0 Å². The number of hydrogen-bond acceptors (Lipinski definition) is 5. The molecule has 4 aromatic rings. The van der Waals surface area contributed by atoms with E-state index in [4.69, 9.17) is 4.74 Å². The summed E-state index contributed by atoms with van der Waals surface area (Å²) in [5.41, 5.74) is 4.44. The van der Waals surface area contributed by atoms with Gasteiger partial charge in [-0.25, -0.2) is 14.4 Å². The first-order chi connectivity index (χ1) is 14.0. The number of carbonyl (C=O) groups excluding carboxylic acids is 1. The lowest BCUT2D eigenvalue weighted by atomic mass is 10.0. The van der Waals surface area contributed by atoms with E-state index in [-0.39, 0.29) is 24.0 Å². The van der Waals surface area contributed by atoms with Crippen molar-refractivity contribution in [1.82, 2.24) is 25.5 Å². The molecule has 0 atom stereocenters. The Kier molecular flexibility index (Phi) is 4.90. The van der Waals surface area contributed by atoms with Gasteiger partial charge in [-0.05, 0) is 48.4 Å². The molecule has 0 spiro atoms. The summed E-state index contributed by atoms with van der Waals surface area (Å²) < 4.78 is 18.2. The fourth-order valence-corrected chi connectivity index (χ4v) is 3.01. The maximum atomic E-state index is 13.0. The third-order valence-corrected chi connectivity index (χ3v) is 4.57. The van der Waals surface area contributed by atoms with Gasteiger partial charge in [-0.1, -0.05) is 12.1 Å². The highest BCUT2D eigenvalue weighted by Gasteiger charge is 2.16. The number of H-pyrrole nitrogens is 1. The van der Waals surface area contributed by atoms with Crippen LogP contribution in [-0.2, 0) is 6.54 Å². The molecule has 2 N–H and O–H groups in total. The number of rotatable bonds is 5. The zero-order valence-electron chi connectivity index (χ0n) is 15.9. The van der Waals surface area contributed by atoms with E-state index in [0.717, 1.165) is 22.4 Å². The molecule has 8 heteroatoms. The zero-order valence-corrected chi connectivity index (χ0v) is 15.9. The first kappa shape index (κ1) is 18.5. The van der Waals surface area contributed by atoms with Gasteiger partial charge < -0.3 is 10.1 Å². The summed E-state index contributed by atoms with van der Waals surface area (Å²) in [6.07, 6.45) is 1.38. The number of nitrogens with one attached hydrogen (secondary N) is 2. The molecule has 0 saturated heterocycles. The number of ether oxygens (including phenoxy) is 1. The Morgan fingerprint density at radius 2 is 2.00 bits per heavy atom. The van der Waals surface area contributed by atoms with E-state index in [9.17, 15) is 9.18 Å². The standard InChI is InChI=1S/C21H18FN5O2/c1-12-9-15(29-2)7-8-16(12)18-19-20(27-26-18)23-11-17(25-19)21(28)24-10-13-3-5-14(22)6-4-13/h3-9,11H,10H2,1-2H3,(H,24,28)(H,23,26,27). The fourth-order valence-electron chi connectivity index (χ4n) is 3.01. The molecule has 2 aromatic heterocycles. The van der Waals surface area contributed by atoms with Crippen LogP contribution in [0.4, 0.5) is 4.39 Å². The Morgan fingerprint density at radius 3 is 2.72 bits per heavy atom. The van der Waals surface area contributed by atoms with Crippen LogP contribution in [-0.4, -0.2) is 33.2 Å². The molecule has 0 aliphatic heterocycles. The van der Waals surface area contributed by atoms with Crippen molar-refractivity contribution in [2.24, 2.45) is 0 Å². The summed E-state index contributed by atoms with van der Waals surface area (Å²) in [4.78, 5) is 21.2. The minimum atomic E-state index is -0.373. The van der Waals surface area contributed by atoms with Crippen molar-refractivity contribution in [2.75, 3.05) is 7.11 Å². The molecule has 2 aromatic carbocycles. The van der Waals surface area contributed by atoms with Gasteiger partial charge in [0.25, 0.3) is 5.91 Å². The lowest BCUT2D eigenvalue weighted by Gasteiger charge is -2.07. The van der Waals surface area contributed by atoms with E-state index in [2.05, 4.69) is 25.5 Å². The van der Waals surface area contributed by atoms with Crippen LogP contribution in [0, 0.1) is 12.7 Å². The third kappa shape index (κ3) is 3.77. The number of aromatic amines is 1. The van der Waals surface area contributed by atoms with E-state index in [1.54, 1.807) is 19.2 Å². The molecule has 0 unspecified atom stereocenters. The Labute approximate surface area is 166 Å². The second-order valence-electron chi connectivity index (χ2n) is 6.52. The topological polar surface area (TPSA) is 92.8 Å². The lowest BCUT2D eigenvalue weighted by Crippen LogP contribution is -2.24. The van der Waals surface area contributed by atoms with E-state index in [1.165, 1.54) is 18.3 Å². The van der Waals surface area contributed by atoms with Crippen molar-refractivity contribution in [1.29, 1.82) is 0 Å². The molecule has 0 bridgehead atoms. The number of aromatic nitrogens is 4. The molecule has 2 heterocycles. The summed E-state index contributed by atoms with van der Waals surface area (Å²) in [6, 6.07) is 11.6. The maximum absolute atomic E-state index is 13.0. The lowest BCUT2D eigenvalue weighted by molar-refractivity contribution is 0.0946. The number of benzene rings is 2. The van der Waals surface area contributed by atoms with E-state index in [1.807, 2.05) is 25.1 Å². The van der Waals surface area contributed by atoms with Crippen molar-refractivity contribution in [3.63, 3.8) is 0 Å². The molecular weight excluding hydrogens is 373 g/mol. The van der Waals surface area contributed by atoms with Crippen LogP contribution in [0.3, 0.4) is 0 Å². The smallest absolute Gasteiger partial charge is 0.271 e. The zero-order chi connectivity index (χ0) is 20.4. The van der Waals surface area contributed by atoms with E-state index >= 15 is 0 Å². The van der Waals surface area contributed by atoms with Crippen molar-refractivity contribution in [2.45, 2.75) is 13.5 Å². The predicted molar refractivity (Wildman–Crippen MR) is 106 cm³/mol. The van der Waals surface area contributed by atoms with E-state index in [0.29, 0.717) is 16.9 Å². The molecule has 7 nitrogen and oxygen atoms in total. The number of hydrogen-bond donors (Lipinski definition) is 2. The number of amides is 1. The van der Waals surface area contributed by atoms with Crippen molar-refractivity contribution in [3.8, 4) is 17.0 Å². The van der Waals surface area contributed by atoms with Crippen molar-refractivity contribution < 1.29 is 13.9 Å². The van der Waals surface area contributed by atoms with Crippen LogP contribution in [0.5, 0.6) is 5.75 Å². The highest BCUT2D eigenvalue weighted by molar-refractivity contribution is 5.95. The summed E-state index contributed by atoms with van der Waals surface area (Å²) in [7, 11) is 1.61. The molecule has 0 aliphatic rings. The average molecular weight is 391 g/mol. The number of halogens is 1. The Hall–Kier alpha value is -3.81. The van der Waals surface area contributed by atoms with Crippen LogP contribution < -0.4 is 10.1 Å². The largest absolute Gasteiger partial charge is 0.497 e. The van der Waals surface area contributed by atoms with Crippen molar-refractivity contribution in [3.05, 3.63) is 71.3 Å². The summed E-state index contributed by atoms with van der Waals surface area (Å²) in [5, 5.41) is 9.90. The highest BCUT2D eigenvalue weighted by atomic mass is 19.1. The summed E-state index contributed by atoms with van der Waals surface area (Å²) >= 11 is 0. The van der Waals surface area contributed by atoms with Gasteiger partial charge in [-0.2, -0.15) is 5.10 Å². The van der Waals surface area contributed by atoms with Crippen LogP contribution in [0.15, 0.2) is 48.7 Å². The van der Waals surface area contributed by atoms with E-state index < -0.39 is 0 Å². The number of nitrogens with zero attached hydrogens (tertiary/aromatic N) is 3. The minimum absolute atomic E-state index is 0.174. The van der Waals surface area contributed by atoms with Gasteiger partial charge in [0.2, 0.25) is 0 Å². The molecule has 0 saturated carbocycles. The summed E-state index contributed by atoms with van der Waals surface area (Å²) in [6.45, 7) is 2.21. The predicted octanol–water partition coefficient (Wildman–Crippen LogP) is 3.41. The second kappa shape index (κ2) is 7.67. The molecule has 0 radical (unpaired) electrons. The minimum Gasteiger partial charge on any atom is -0.497 e. The average Bonchev–Trinajstić information content (AvgIpc) is 3.16. The monoisotopic (exact) mass is 391 g/mol. The van der Waals surface area contributed by atoms with Crippen LogP contribution in [0.25, 0.3) is 22.4 Å². The molecule has 0 fully saturated rings. The van der Waals surface area contributed by atoms with Gasteiger partial charge in [0, 0.05) is 12.1 Å². The van der Waals surface area contributed by atoms with Gasteiger partial charge in [0.05, 0.1) is 19.0 Å². The van der Waals surface area contributed by atoms with Gasteiger partial charge in [-0.3, -0.25) is 9.89 Å². The molecular formula is C21H18FN5O2. The SMILES string of the molecule is COc1ccc(-c2[nH]nc3ncc(C(=O)NCc4ccc(F)cc4)nc23)c(C)c1. The van der Waals surface area contributed by atoms with Gasteiger partial charge >= 0.3 is 0 Å². The van der Waals surface area contributed by atoms with Gasteiger partial charge in [0.1, 0.15) is 22.8 Å². The Balaban J connectivity index is 1.61. The Bertz CT molecular complexity index is 1190. The molecule has 4 rings (SSSR count). The third-order valence-electron chi connectivity index (χ3n) is 4.57. The van der Waals surface area contributed by atoms with Gasteiger partial charge in [-0.15, -0.1) is 0 Å². The van der Waals surface area contributed by atoms with Crippen molar-refractivity contribution >= 4 is 17.1 Å². The fraction of sp³-hybridized carbons (Fsp3) is 0.143. The second-order valence-corrected chi connectivity index (χ2v) is 6.52. The first-order valence-corrected chi connectivity index (χ1v) is 8.94. The molecule has 146 valence electrons. The van der Waals surface area contributed by atoms with Gasteiger partial charge in [0.15, 0.2) is 5.65 Å². The number of aryl methyl sites for hydroxylation is 1. The molecule has 29 heavy (non-hydrogen) atoms. The Morgan fingerprint density at radius 1 is 1.21 bits per heavy atom. The number of fused-ring (bicyclic) bond motifs is 1. The molecule has 0 aliphatic carbocycles. The quantitative estimate of drug-likeness (QED) is 0.544. The summed E-state index contributed by atoms with van der Waals surface area (Å²) in [5.74, 6) is 0.0575. The normalized spacial score (nSPS) is 10.9.